The molecule has 0 fully saturated rings. The van der Waals surface area contributed by atoms with Gasteiger partial charge in [-0.05, 0) is 51.0 Å². The van der Waals surface area contributed by atoms with Gasteiger partial charge in [0.05, 0.1) is 18.6 Å². The van der Waals surface area contributed by atoms with Crippen LogP contribution in [0.3, 0.4) is 0 Å². The van der Waals surface area contributed by atoms with Crippen LogP contribution in [0.5, 0.6) is 5.75 Å². The zero-order chi connectivity index (χ0) is 27.6. The molecule has 0 unspecified atom stereocenters. The van der Waals surface area contributed by atoms with E-state index in [1.807, 2.05) is 13.8 Å². The molecule has 0 saturated carbocycles. The molecule has 0 aliphatic carbocycles. The van der Waals surface area contributed by atoms with Gasteiger partial charge in [-0.2, -0.15) is 0 Å². The lowest BCUT2D eigenvalue weighted by Gasteiger charge is -2.30. The highest BCUT2D eigenvalue weighted by Gasteiger charge is 2.28. The summed E-state index contributed by atoms with van der Waals surface area (Å²) in [6, 6.07) is 11.1. The molecule has 2 aromatic carbocycles. The maximum Gasteiger partial charge on any atom is 0.242 e. The van der Waals surface area contributed by atoms with E-state index in [9.17, 15) is 18.0 Å². The number of halogens is 2. The maximum absolute atomic E-state index is 13.4. The number of rotatable bonds is 14. The number of sulfonamides is 1. The fourth-order valence-corrected chi connectivity index (χ4v) is 5.24. The average Bonchev–Trinajstić information content (AvgIpc) is 2.84. The van der Waals surface area contributed by atoms with E-state index in [0.717, 1.165) is 12.7 Å². The van der Waals surface area contributed by atoms with Crippen LogP contribution < -0.4 is 14.4 Å². The van der Waals surface area contributed by atoms with Crippen LogP contribution in [0.4, 0.5) is 5.69 Å². The van der Waals surface area contributed by atoms with E-state index < -0.39 is 16.1 Å². The van der Waals surface area contributed by atoms with Gasteiger partial charge in [-0.1, -0.05) is 48.3 Å². The van der Waals surface area contributed by atoms with E-state index in [1.165, 1.54) is 9.21 Å². The molecule has 8 nitrogen and oxygen atoms in total. The number of hydrogen-bond donors (Lipinski definition) is 1. The Morgan fingerprint density at radius 3 is 2.30 bits per heavy atom. The lowest BCUT2D eigenvalue weighted by molar-refractivity contribution is -0.140. The first-order valence-electron chi connectivity index (χ1n) is 12.2. The topological polar surface area (TPSA) is 96.0 Å². The second-order valence-corrected chi connectivity index (χ2v) is 11.2. The van der Waals surface area contributed by atoms with Gasteiger partial charge in [-0.3, -0.25) is 13.9 Å². The predicted molar refractivity (Wildman–Crippen MR) is 149 cm³/mol. The summed E-state index contributed by atoms with van der Waals surface area (Å²) in [4.78, 5) is 27.6. The van der Waals surface area contributed by atoms with Crippen molar-refractivity contribution in [3.8, 4) is 5.75 Å². The van der Waals surface area contributed by atoms with Crippen LogP contribution in [-0.2, 0) is 26.2 Å². The maximum atomic E-state index is 13.4. The summed E-state index contributed by atoms with van der Waals surface area (Å²) < 4.78 is 32.1. The highest BCUT2D eigenvalue weighted by Crippen LogP contribution is 2.30. The number of nitrogens with zero attached hydrogens (tertiary/aromatic N) is 2. The fourth-order valence-electron chi connectivity index (χ4n) is 3.76. The van der Waals surface area contributed by atoms with Crippen LogP contribution in [0.1, 0.15) is 45.6 Å². The molecule has 2 amide bonds. The number of amides is 2. The van der Waals surface area contributed by atoms with E-state index in [0.29, 0.717) is 40.2 Å². The molecule has 1 N–H and O–H groups in total. The second kappa shape index (κ2) is 14.4. The molecule has 0 aliphatic heterocycles. The minimum Gasteiger partial charge on any atom is -0.492 e. The first-order valence-corrected chi connectivity index (χ1v) is 14.8. The van der Waals surface area contributed by atoms with Crippen LogP contribution in [0.25, 0.3) is 0 Å². The van der Waals surface area contributed by atoms with E-state index in [4.69, 9.17) is 27.9 Å². The van der Waals surface area contributed by atoms with E-state index in [2.05, 4.69) is 5.32 Å². The van der Waals surface area contributed by atoms with Gasteiger partial charge in [0, 0.05) is 41.7 Å². The lowest BCUT2D eigenvalue weighted by Crippen LogP contribution is -2.48. The summed E-state index contributed by atoms with van der Waals surface area (Å²) in [6.07, 6.45) is 2.11. The van der Waals surface area contributed by atoms with Crippen LogP contribution in [0, 0.1) is 0 Å². The zero-order valence-corrected chi connectivity index (χ0v) is 24.0. The Morgan fingerprint density at radius 2 is 1.70 bits per heavy atom. The van der Waals surface area contributed by atoms with Gasteiger partial charge in [-0.15, -0.1) is 0 Å². The molecule has 0 spiro atoms. The minimum absolute atomic E-state index is 0.0102. The summed E-state index contributed by atoms with van der Waals surface area (Å²) in [6.45, 7) is 6.37. The Balaban J connectivity index is 2.24. The van der Waals surface area contributed by atoms with E-state index >= 15 is 0 Å². The van der Waals surface area contributed by atoms with Crippen LogP contribution in [-0.4, -0.2) is 57.1 Å². The molecule has 2 aromatic rings. The van der Waals surface area contributed by atoms with Crippen molar-refractivity contribution in [1.82, 2.24) is 10.2 Å². The Morgan fingerprint density at radius 1 is 1.05 bits per heavy atom. The molecule has 0 heterocycles. The third-order valence-electron chi connectivity index (χ3n) is 5.69. The van der Waals surface area contributed by atoms with Gasteiger partial charge >= 0.3 is 0 Å². The fraction of sp³-hybridized carbons (Fsp3) is 0.462. The van der Waals surface area contributed by atoms with Crippen LogP contribution >= 0.6 is 23.2 Å². The average molecular weight is 573 g/mol. The van der Waals surface area contributed by atoms with Gasteiger partial charge in [0.2, 0.25) is 21.8 Å². The van der Waals surface area contributed by atoms with Crippen molar-refractivity contribution in [2.24, 2.45) is 0 Å². The number of para-hydroxylation sites is 2. The van der Waals surface area contributed by atoms with Crippen molar-refractivity contribution < 1.29 is 22.7 Å². The monoisotopic (exact) mass is 571 g/mol. The summed E-state index contributed by atoms with van der Waals surface area (Å²) in [5, 5.41) is 3.60. The molecule has 0 aromatic heterocycles. The summed E-state index contributed by atoms with van der Waals surface area (Å²) >= 11 is 12.7. The molecule has 1 atom stereocenters. The molecule has 2 rings (SSSR count). The third-order valence-corrected chi connectivity index (χ3v) is 7.58. The standard InChI is InChI=1S/C26H35Cl2N3O5S/c1-5-16-29-26(33)19(3)30(18-20-21(27)11-9-12-22(20)28)25(32)15-10-17-31(37(4,34)35)23-13-7-8-14-24(23)36-6-2/h7-9,11-14,19H,5-6,10,15-18H2,1-4H3,(H,29,33)/t19-/m1/s1. The summed E-state index contributed by atoms with van der Waals surface area (Å²) in [5.74, 6) is -0.165. The van der Waals surface area contributed by atoms with Crippen molar-refractivity contribution in [2.75, 3.05) is 30.3 Å². The van der Waals surface area contributed by atoms with Crippen molar-refractivity contribution in [1.29, 1.82) is 0 Å². The number of benzene rings is 2. The zero-order valence-electron chi connectivity index (χ0n) is 21.7. The number of carbonyl (C=O) groups is 2. The Kier molecular flexibility index (Phi) is 12.0. The SMILES string of the molecule is CCCNC(=O)[C@@H](C)N(Cc1c(Cl)cccc1Cl)C(=O)CCCN(c1ccccc1OCC)S(C)(=O)=O. The molecular formula is C26H35Cl2N3O5S. The van der Waals surface area contributed by atoms with Crippen molar-refractivity contribution in [2.45, 2.75) is 52.6 Å². The third kappa shape index (κ3) is 8.79. The Labute approximate surface area is 229 Å². The smallest absolute Gasteiger partial charge is 0.242 e. The highest BCUT2D eigenvalue weighted by molar-refractivity contribution is 7.92. The van der Waals surface area contributed by atoms with E-state index in [1.54, 1.807) is 49.4 Å². The van der Waals surface area contributed by atoms with Gasteiger partial charge in [0.1, 0.15) is 11.8 Å². The Hall–Kier alpha value is -2.49. The molecule has 0 radical (unpaired) electrons. The van der Waals surface area contributed by atoms with Crippen molar-refractivity contribution in [3.63, 3.8) is 0 Å². The first-order chi connectivity index (χ1) is 17.5. The number of hydrogen-bond acceptors (Lipinski definition) is 5. The quantitative estimate of drug-likeness (QED) is 0.348. The number of nitrogens with one attached hydrogen (secondary N) is 1. The van der Waals surface area contributed by atoms with Gasteiger partial charge in [0.15, 0.2) is 0 Å². The molecule has 0 bridgehead atoms. The second-order valence-electron chi connectivity index (χ2n) is 8.53. The minimum atomic E-state index is -3.65. The molecule has 0 saturated heterocycles. The number of ether oxygens (including phenoxy) is 1. The van der Waals surface area contributed by atoms with E-state index in [-0.39, 0.29) is 37.7 Å². The summed E-state index contributed by atoms with van der Waals surface area (Å²) in [7, 11) is -3.65. The number of anilines is 1. The van der Waals surface area contributed by atoms with Crippen molar-refractivity contribution in [3.05, 3.63) is 58.1 Å². The van der Waals surface area contributed by atoms with Gasteiger partial charge in [0.25, 0.3) is 0 Å². The molecular weight excluding hydrogens is 537 g/mol. The van der Waals surface area contributed by atoms with Gasteiger partial charge in [-0.25, -0.2) is 8.42 Å². The Bertz CT molecular complexity index is 1160. The van der Waals surface area contributed by atoms with Gasteiger partial charge < -0.3 is 15.0 Å². The molecule has 11 heteroatoms. The van der Waals surface area contributed by atoms with Crippen molar-refractivity contribution >= 4 is 50.7 Å². The molecule has 37 heavy (non-hydrogen) atoms. The first kappa shape index (κ1) is 30.7. The largest absolute Gasteiger partial charge is 0.492 e. The normalized spacial score (nSPS) is 12.1. The highest BCUT2D eigenvalue weighted by atomic mass is 35.5. The van der Waals surface area contributed by atoms with Crippen LogP contribution in [0.2, 0.25) is 10.0 Å². The summed E-state index contributed by atoms with van der Waals surface area (Å²) in [5.41, 5.74) is 0.948. The molecule has 0 aliphatic rings. The lowest BCUT2D eigenvalue weighted by atomic mass is 10.1. The van der Waals surface area contributed by atoms with Crippen LogP contribution in [0.15, 0.2) is 42.5 Å². The predicted octanol–water partition coefficient (Wildman–Crippen LogP) is 4.88. The molecule has 204 valence electrons. The number of carbonyl (C=O) groups excluding carboxylic acids is 2.